The zero-order valence-electron chi connectivity index (χ0n) is 11.6. The van der Waals surface area contributed by atoms with Crippen LogP contribution in [0.25, 0.3) is 0 Å². The highest BCUT2D eigenvalue weighted by Crippen LogP contribution is 2.19. The molecule has 0 aromatic heterocycles. The molecule has 0 aromatic rings. The van der Waals surface area contributed by atoms with Crippen molar-refractivity contribution in [3.8, 4) is 0 Å². The Labute approximate surface area is 105 Å². The Balaban J connectivity index is 2.21. The molecule has 0 unspecified atom stereocenters. The summed E-state index contributed by atoms with van der Waals surface area (Å²) in [5.41, 5.74) is 0.256. The minimum Gasteiger partial charge on any atom is -0.465 e. The molecule has 1 fully saturated rings. The fourth-order valence-corrected chi connectivity index (χ4v) is 2.19. The molecule has 1 heterocycles. The predicted octanol–water partition coefficient (Wildman–Crippen LogP) is 1.40. The quantitative estimate of drug-likeness (QED) is 0.757. The van der Waals surface area contributed by atoms with E-state index in [9.17, 15) is 4.79 Å². The number of piperidine rings is 1. The predicted molar refractivity (Wildman–Crippen MR) is 69.0 cm³/mol. The second-order valence-corrected chi connectivity index (χ2v) is 5.62. The van der Waals surface area contributed by atoms with Crippen molar-refractivity contribution in [1.29, 1.82) is 0 Å². The van der Waals surface area contributed by atoms with Crippen molar-refractivity contribution in [2.24, 2.45) is 0 Å². The lowest BCUT2D eigenvalue weighted by molar-refractivity contribution is -0.142. The first kappa shape index (κ1) is 14.5. The minimum absolute atomic E-state index is 0.147. The molecule has 4 nitrogen and oxygen atoms in total. The third kappa shape index (κ3) is 5.04. The minimum atomic E-state index is -0.147. The first-order valence-corrected chi connectivity index (χ1v) is 6.57. The highest BCUT2D eigenvalue weighted by atomic mass is 16.5. The molecule has 1 aliphatic heterocycles. The number of carbonyl (C=O) groups is 1. The maximum Gasteiger partial charge on any atom is 0.319 e. The fraction of sp³-hybridized carbons (Fsp3) is 0.923. The molecule has 0 radical (unpaired) electrons. The van der Waals surface area contributed by atoms with Crippen LogP contribution in [0.5, 0.6) is 0 Å². The molecular weight excluding hydrogens is 216 g/mol. The third-order valence-corrected chi connectivity index (χ3v) is 3.28. The van der Waals surface area contributed by atoms with Crippen LogP contribution in [-0.2, 0) is 9.53 Å². The van der Waals surface area contributed by atoms with E-state index in [1.807, 2.05) is 6.92 Å². The van der Waals surface area contributed by atoms with E-state index in [1.165, 1.54) is 0 Å². The molecule has 0 amide bonds. The molecule has 4 heteroatoms. The number of hydrogen-bond donors (Lipinski definition) is 1. The number of likely N-dealkylation sites (tertiary alicyclic amines) is 1. The lowest BCUT2D eigenvalue weighted by Gasteiger charge is -2.41. The number of esters is 1. The van der Waals surface area contributed by atoms with Crippen molar-refractivity contribution in [2.75, 3.05) is 26.2 Å². The van der Waals surface area contributed by atoms with Crippen molar-refractivity contribution in [3.05, 3.63) is 0 Å². The van der Waals surface area contributed by atoms with Gasteiger partial charge in [0.25, 0.3) is 0 Å². The van der Waals surface area contributed by atoms with Gasteiger partial charge in [0, 0.05) is 24.7 Å². The maximum atomic E-state index is 11.2. The van der Waals surface area contributed by atoms with E-state index < -0.39 is 0 Å². The number of rotatable bonds is 4. The van der Waals surface area contributed by atoms with Crippen molar-refractivity contribution in [1.82, 2.24) is 10.2 Å². The molecule has 1 aliphatic rings. The van der Waals surface area contributed by atoms with Gasteiger partial charge in [0.05, 0.1) is 13.2 Å². The SMILES string of the molecule is CCOC(=O)CNC1CCN(C(C)(C)C)CC1. The monoisotopic (exact) mass is 242 g/mol. The van der Waals surface area contributed by atoms with E-state index in [-0.39, 0.29) is 11.5 Å². The molecule has 0 atom stereocenters. The van der Waals surface area contributed by atoms with Gasteiger partial charge in [-0.15, -0.1) is 0 Å². The molecule has 0 saturated carbocycles. The topological polar surface area (TPSA) is 41.6 Å². The molecule has 0 spiro atoms. The summed E-state index contributed by atoms with van der Waals surface area (Å²) >= 11 is 0. The lowest BCUT2D eigenvalue weighted by Crippen LogP contribution is -2.50. The van der Waals surface area contributed by atoms with Gasteiger partial charge in [0.2, 0.25) is 0 Å². The Bertz CT molecular complexity index is 240. The zero-order chi connectivity index (χ0) is 12.9. The number of ether oxygens (including phenoxy) is 1. The van der Waals surface area contributed by atoms with Gasteiger partial charge in [-0.1, -0.05) is 0 Å². The van der Waals surface area contributed by atoms with E-state index in [4.69, 9.17) is 4.74 Å². The second kappa shape index (κ2) is 6.36. The molecule has 17 heavy (non-hydrogen) atoms. The molecule has 0 bridgehead atoms. The average molecular weight is 242 g/mol. The number of nitrogens with zero attached hydrogens (tertiary/aromatic N) is 1. The van der Waals surface area contributed by atoms with Crippen LogP contribution >= 0.6 is 0 Å². The van der Waals surface area contributed by atoms with Gasteiger partial charge in [0.1, 0.15) is 0 Å². The molecule has 0 aliphatic carbocycles. The summed E-state index contributed by atoms with van der Waals surface area (Å²) in [4.78, 5) is 13.7. The summed E-state index contributed by atoms with van der Waals surface area (Å²) < 4.78 is 4.90. The maximum absolute atomic E-state index is 11.2. The second-order valence-electron chi connectivity index (χ2n) is 5.62. The Morgan fingerprint density at radius 3 is 2.41 bits per heavy atom. The fourth-order valence-electron chi connectivity index (χ4n) is 2.19. The van der Waals surface area contributed by atoms with Crippen molar-refractivity contribution >= 4 is 5.97 Å². The van der Waals surface area contributed by atoms with Crippen LogP contribution in [0.3, 0.4) is 0 Å². The highest BCUT2D eigenvalue weighted by molar-refractivity contribution is 5.71. The molecule has 1 saturated heterocycles. The molecule has 0 aromatic carbocycles. The van der Waals surface area contributed by atoms with Crippen LogP contribution < -0.4 is 5.32 Å². The van der Waals surface area contributed by atoms with Crippen molar-refractivity contribution in [2.45, 2.75) is 52.1 Å². The summed E-state index contributed by atoms with van der Waals surface area (Å²) in [7, 11) is 0. The van der Waals surface area contributed by atoms with Crippen LogP contribution in [0, 0.1) is 0 Å². The van der Waals surface area contributed by atoms with Gasteiger partial charge >= 0.3 is 5.97 Å². The molecule has 1 N–H and O–H groups in total. The summed E-state index contributed by atoms with van der Waals surface area (Å²) in [6.07, 6.45) is 2.22. The first-order chi connectivity index (χ1) is 7.93. The van der Waals surface area contributed by atoms with Crippen LogP contribution in [0.15, 0.2) is 0 Å². The Hall–Kier alpha value is -0.610. The number of nitrogens with one attached hydrogen (secondary N) is 1. The molecular formula is C13H26N2O2. The van der Waals surface area contributed by atoms with Crippen LogP contribution in [0.2, 0.25) is 0 Å². The van der Waals surface area contributed by atoms with E-state index in [1.54, 1.807) is 0 Å². The normalized spacial score (nSPS) is 19.3. The van der Waals surface area contributed by atoms with E-state index in [2.05, 4.69) is 31.0 Å². The lowest BCUT2D eigenvalue weighted by atomic mass is 9.98. The van der Waals surface area contributed by atoms with Crippen LogP contribution in [0.1, 0.15) is 40.5 Å². The highest BCUT2D eigenvalue weighted by Gasteiger charge is 2.26. The van der Waals surface area contributed by atoms with Gasteiger partial charge < -0.3 is 10.1 Å². The summed E-state index contributed by atoms with van der Waals surface area (Å²) in [5, 5.41) is 3.28. The third-order valence-electron chi connectivity index (χ3n) is 3.28. The van der Waals surface area contributed by atoms with E-state index in [0.717, 1.165) is 25.9 Å². The van der Waals surface area contributed by atoms with Gasteiger partial charge in [0.15, 0.2) is 0 Å². The Morgan fingerprint density at radius 1 is 1.35 bits per heavy atom. The molecule has 1 rings (SSSR count). The largest absolute Gasteiger partial charge is 0.465 e. The van der Waals surface area contributed by atoms with Gasteiger partial charge in [-0.05, 0) is 40.5 Å². The van der Waals surface area contributed by atoms with Crippen LogP contribution in [-0.4, -0.2) is 48.7 Å². The standard InChI is InChI=1S/C13H26N2O2/c1-5-17-12(16)10-14-11-6-8-15(9-7-11)13(2,3)4/h11,14H,5-10H2,1-4H3. The Kier molecular flexibility index (Phi) is 5.40. The summed E-state index contributed by atoms with van der Waals surface area (Å²) in [6.45, 7) is 11.6. The van der Waals surface area contributed by atoms with Crippen molar-refractivity contribution < 1.29 is 9.53 Å². The van der Waals surface area contributed by atoms with Crippen molar-refractivity contribution in [3.63, 3.8) is 0 Å². The van der Waals surface area contributed by atoms with Gasteiger partial charge in [-0.3, -0.25) is 9.69 Å². The number of hydrogen-bond acceptors (Lipinski definition) is 4. The van der Waals surface area contributed by atoms with Gasteiger partial charge in [-0.25, -0.2) is 0 Å². The first-order valence-electron chi connectivity index (χ1n) is 6.57. The van der Waals surface area contributed by atoms with Gasteiger partial charge in [-0.2, -0.15) is 0 Å². The smallest absolute Gasteiger partial charge is 0.319 e. The zero-order valence-corrected chi connectivity index (χ0v) is 11.6. The van der Waals surface area contributed by atoms with Crippen LogP contribution in [0.4, 0.5) is 0 Å². The molecule has 100 valence electrons. The van der Waals surface area contributed by atoms with E-state index >= 15 is 0 Å². The Morgan fingerprint density at radius 2 is 1.94 bits per heavy atom. The average Bonchev–Trinajstić information content (AvgIpc) is 2.26. The summed E-state index contributed by atoms with van der Waals surface area (Å²) in [6, 6.07) is 0.456. The number of carbonyl (C=O) groups excluding carboxylic acids is 1. The van der Waals surface area contributed by atoms with E-state index in [0.29, 0.717) is 19.2 Å². The summed E-state index contributed by atoms with van der Waals surface area (Å²) in [5.74, 6) is -0.147.